The summed E-state index contributed by atoms with van der Waals surface area (Å²) in [5.74, 6) is -1.52. The van der Waals surface area contributed by atoms with Crippen LogP contribution < -0.4 is 26.4 Å². The molecule has 0 fully saturated rings. The number of nitrogens with one attached hydrogen (secondary N) is 3. The topological polar surface area (TPSA) is 146 Å². The summed E-state index contributed by atoms with van der Waals surface area (Å²) in [5, 5.41) is 19.8. The first-order chi connectivity index (χ1) is 20.5. The molecule has 0 aliphatic carbocycles. The Bertz CT molecular complexity index is 1510. The highest BCUT2D eigenvalue weighted by Gasteiger charge is 2.34. The minimum atomic E-state index is -1.11. The number of hydrogen-bond acceptors (Lipinski definition) is 7. The maximum atomic E-state index is 14.3. The fourth-order valence-electron chi connectivity index (χ4n) is 5.46. The summed E-state index contributed by atoms with van der Waals surface area (Å²) in [5.41, 5.74) is 11.2. The number of carboxylic acid groups (broad SMARTS) is 1. The molecule has 1 heterocycles. The summed E-state index contributed by atoms with van der Waals surface area (Å²) in [6.07, 6.45) is 1.99. The Morgan fingerprint density at radius 2 is 1.74 bits per heavy atom. The number of carbonyl (C=O) groups is 3. The number of methoxy groups -OCH3 is 1. The number of rotatable bonds is 12. The molecule has 4 rings (SSSR count). The molecule has 6 N–H and O–H groups in total. The van der Waals surface area contributed by atoms with Crippen molar-refractivity contribution < 1.29 is 24.2 Å². The van der Waals surface area contributed by atoms with Gasteiger partial charge in [-0.2, -0.15) is 0 Å². The molecule has 43 heavy (non-hydrogen) atoms. The lowest BCUT2D eigenvalue weighted by atomic mass is 9.93. The molecule has 0 radical (unpaired) electrons. The van der Waals surface area contributed by atoms with Crippen LogP contribution >= 0.6 is 0 Å². The summed E-state index contributed by atoms with van der Waals surface area (Å²) in [6, 6.07) is 17.4. The molecule has 0 aromatic heterocycles. The third-order valence-electron chi connectivity index (χ3n) is 7.94. The molecule has 0 bridgehead atoms. The molecule has 10 nitrogen and oxygen atoms in total. The number of aryl methyl sites for hydroxylation is 2. The molecule has 226 valence electrons. The fraction of sp³-hybridized carbons (Fsp3) is 0.303. The van der Waals surface area contributed by atoms with Crippen LogP contribution in [0.15, 0.2) is 66.9 Å². The molecule has 0 saturated heterocycles. The standard InChI is InChI=1S/C33H39N5O5/c1-19-13-24(30(34)39)14-20(2)25(19)16-27(35-4)32(40)38(18-22-11-12-29(43-5)26(15-22)33(41)42)21(3)31-36-17-28(37-31)23-9-7-6-8-10-23/h6-15,17,21,27,31,35-37H,16,18H2,1-5H3,(H2,34,39)(H,41,42). The van der Waals surface area contributed by atoms with Crippen molar-refractivity contribution >= 4 is 23.5 Å². The molecule has 0 saturated carbocycles. The zero-order valence-corrected chi connectivity index (χ0v) is 25.1. The number of ether oxygens (including phenoxy) is 1. The second-order valence-electron chi connectivity index (χ2n) is 10.8. The molecule has 3 unspecified atom stereocenters. The molecule has 3 aromatic rings. The lowest BCUT2D eigenvalue weighted by molar-refractivity contribution is -0.136. The third kappa shape index (κ3) is 6.98. The number of primary amides is 1. The Hall–Kier alpha value is -4.83. The van der Waals surface area contributed by atoms with Crippen molar-refractivity contribution in [3.05, 3.63) is 106 Å². The van der Waals surface area contributed by atoms with E-state index in [4.69, 9.17) is 10.5 Å². The van der Waals surface area contributed by atoms with Crippen LogP contribution in [0.2, 0.25) is 0 Å². The van der Waals surface area contributed by atoms with Gasteiger partial charge in [-0.1, -0.05) is 36.4 Å². The van der Waals surface area contributed by atoms with E-state index in [-0.39, 0.29) is 36.0 Å². The van der Waals surface area contributed by atoms with Gasteiger partial charge in [0.25, 0.3) is 0 Å². The number of aromatic carboxylic acids is 1. The second kappa shape index (κ2) is 13.4. The highest BCUT2D eigenvalue weighted by atomic mass is 16.5. The number of likely N-dealkylation sites (N-methyl/N-ethyl adjacent to an activating group) is 1. The second-order valence-corrected chi connectivity index (χ2v) is 10.8. The molecular formula is C33H39N5O5. The lowest BCUT2D eigenvalue weighted by Gasteiger charge is -2.36. The number of nitrogens with two attached hydrogens (primary N) is 1. The number of carbonyl (C=O) groups excluding carboxylic acids is 2. The first-order valence-electron chi connectivity index (χ1n) is 14.1. The van der Waals surface area contributed by atoms with Gasteiger partial charge in [-0.25, -0.2) is 4.79 Å². The predicted molar refractivity (Wildman–Crippen MR) is 165 cm³/mol. The number of hydrogen-bond donors (Lipinski definition) is 5. The zero-order valence-electron chi connectivity index (χ0n) is 25.1. The zero-order chi connectivity index (χ0) is 31.3. The highest BCUT2D eigenvalue weighted by Crippen LogP contribution is 2.25. The first kappa shape index (κ1) is 31.1. The molecule has 10 heteroatoms. The summed E-state index contributed by atoms with van der Waals surface area (Å²) < 4.78 is 5.24. The van der Waals surface area contributed by atoms with E-state index in [1.165, 1.54) is 7.11 Å². The molecule has 3 aromatic carbocycles. The van der Waals surface area contributed by atoms with Crippen LogP contribution in [-0.4, -0.2) is 60.2 Å². The normalized spacial score (nSPS) is 15.5. The van der Waals surface area contributed by atoms with Gasteiger partial charge in [0.05, 0.1) is 24.9 Å². The van der Waals surface area contributed by atoms with Crippen molar-refractivity contribution in [1.82, 2.24) is 20.9 Å². The van der Waals surface area contributed by atoms with E-state index >= 15 is 0 Å². The lowest BCUT2D eigenvalue weighted by Crippen LogP contribution is -2.57. The Labute approximate surface area is 251 Å². The third-order valence-corrected chi connectivity index (χ3v) is 7.94. The maximum Gasteiger partial charge on any atom is 0.339 e. The van der Waals surface area contributed by atoms with Gasteiger partial charge >= 0.3 is 5.97 Å². The molecule has 1 aliphatic heterocycles. The van der Waals surface area contributed by atoms with E-state index < -0.39 is 17.9 Å². The number of amides is 2. The Morgan fingerprint density at radius 3 is 2.33 bits per heavy atom. The van der Waals surface area contributed by atoms with Gasteiger partial charge in [0.1, 0.15) is 17.5 Å². The minimum absolute atomic E-state index is 0.0242. The quantitative estimate of drug-likeness (QED) is 0.218. The molecular weight excluding hydrogens is 546 g/mol. The summed E-state index contributed by atoms with van der Waals surface area (Å²) in [6.45, 7) is 5.93. The van der Waals surface area contributed by atoms with Gasteiger partial charge in [0.15, 0.2) is 0 Å². The van der Waals surface area contributed by atoms with Gasteiger partial charge < -0.3 is 36.4 Å². The monoisotopic (exact) mass is 585 g/mol. The largest absolute Gasteiger partial charge is 0.496 e. The molecule has 2 amide bonds. The van der Waals surface area contributed by atoms with Gasteiger partial charge in [-0.3, -0.25) is 9.59 Å². The average molecular weight is 586 g/mol. The van der Waals surface area contributed by atoms with Crippen molar-refractivity contribution in [2.45, 2.75) is 52.0 Å². The van der Waals surface area contributed by atoms with Gasteiger partial charge in [-0.15, -0.1) is 0 Å². The van der Waals surface area contributed by atoms with Crippen molar-refractivity contribution in [3.63, 3.8) is 0 Å². The van der Waals surface area contributed by atoms with Crippen LogP contribution in [0.5, 0.6) is 5.75 Å². The first-order valence-corrected chi connectivity index (χ1v) is 14.1. The highest BCUT2D eigenvalue weighted by molar-refractivity contribution is 5.93. The van der Waals surface area contributed by atoms with Crippen LogP contribution in [-0.2, 0) is 17.8 Å². The molecule has 1 aliphatic rings. The van der Waals surface area contributed by atoms with E-state index in [0.29, 0.717) is 17.5 Å². The van der Waals surface area contributed by atoms with E-state index in [1.54, 1.807) is 42.3 Å². The summed E-state index contributed by atoms with van der Waals surface area (Å²) in [4.78, 5) is 39.8. The van der Waals surface area contributed by atoms with Crippen LogP contribution in [0.25, 0.3) is 5.70 Å². The maximum absolute atomic E-state index is 14.3. The molecule has 0 spiro atoms. The van der Waals surface area contributed by atoms with Crippen molar-refractivity contribution in [2.75, 3.05) is 14.2 Å². The van der Waals surface area contributed by atoms with Crippen LogP contribution in [0.1, 0.15) is 55.5 Å². The summed E-state index contributed by atoms with van der Waals surface area (Å²) >= 11 is 0. The fourth-order valence-corrected chi connectivity index (χ4v) is 5.46. The minimum Gasteiger partial charge on any atom is -0.496 e. The van der Waals surface area contributed by atoms with Crippen molar-refractivity contribution in [1.29, 1.82) is 0 Å². The van der Waals surface area contributed by atoms with Crippen molar-refractivity contribution in [3.8, 4) is 5.75 Å². The SMILES string of the molecule is CNC(Cc1c(C)cc(C(N)=O)cc1C)C(=O)N(Cc1ccc(OC)c(C(=O)O)c1)C(C)C1NC=C(c2ccccc2)N1. The van der Waals surface area contributed by atoms with Gasteiger partial charge in [0, 0.05) is 18.3 Å². The van der Waals surface area contributed by atoms with Crippen LogP contribution in [0, 0.1) is 13.8 Å². The number of benzene rings is 3. The van der Waals surface area contributed by atoms with Gasteiger partial charge in [-0.05, 0) is 86.3 Å². The number of nitrogens with zero attached hydrogens (tertiary/aromatic N) is 1. The predicted octanol–water partition coefficient (Wildman–Crippen LogP) is 3.17. The van der Waals surface area contributed by atoms with E-state index in [9.17, 15) is 19.5 Å². The van der Waals surface area contributed by atoms with Crippen molar-refractivity contribution in [2.24, 2.45) is 5.73 Å². The Kier molecular flexibility index (Phi) is 9.72. The number of carboxylic acids is 1. The Morgan fingerprint density at radius 1 is 1.07 bits per heavy atom. The van der Waals surface area contributed by atoms with Crippen LogP contribution in [0.3, 0.4) is 0 Å². The summed E-state index contributed by atoms with van der Waals surface area (Å²) in [7, 11) is 3.16. The van der Waals surface area contributed by atoms with E-state index in [2.05, 4.69) is 16.0 Å². The van der Waals surface area contributed by atoms with Gasteiger partial charge in [0.2, 0.25) is 11.8 Å². The average Bonchev–Trinajstić information content (AvgIpc) is 3.50. The molecule has 3 atom stereocenters. The van der Waals surface area contributed by atoms with E-state index in [1.807, 2.05) is 57.3 Å². The van der Waals surface area contributed by atoms with E-state index in [0.717, 1.165) is 28.0 Å². The smallest absolute Gasteiger partial charge is 0.339 e. The van der Waals surface area contributed by atoms with Crippen LogP contribution in [0.4, 0.5) is 0 Å². The Balaban J connectivity index is 1.65.